The molecule has 1 N–H and O–H groups in total. The third-order valence-corrected chi connectivity index (χ3v) is 3.88. The van der Waals surface area contributed by atoms with E-state index in [1.54, 1.807) is 12.3 Å². The monoisotopic (exact) mass is 337 g/mol. The van der Waals surface area contributed by atoms with Gasteiger partial charge in [0.1, 0.15) is 6.61 Å². The van der Waals surface area contributed by atoms with Crippen molar-refractivity contribution in [2.45, 2.75) is 26.1 Å². The molecule has 0 aliphatic rings. The molecule has 0 bridgehead atoms. The number of hydrogen-bond acceptors (Lipinski definition) is 4. The molecular weight excluding hydrogens is 317 g/mol. The highest BCUT2D eigenvalue weighted by Crippen LogP contribution is 2.14. The Balaban J connectivity index is 1.49. The zero-order chi connectivity index (χ0) is 17.5. The SMILES string of the molecule is C[C@@H](NCc1ccc(OCc2ccc(F)nc2)nc1)c1ccccc1. The summed E-state index contributed by atoms with van der Waals surface area (Å²) in [7, 11) is 0. The van der Waals surface area contributed by atoms with E-state index in [2.05, 4.69) is 34.3 Å². The van der Waals surface area contributed by atoms with Gasteiger partial charge in [-0.2, -0.15) is 4.39 Å². The molecule has 2 heterocycles. The maximum Gasteiger partial charge on any atom is 0.213 e. The maximum atomic E-state index is 12.8. The molecule has 0 unspecified atom stereocenters. The van der Waals surface area contributed by atoms with Gasteiger partial charge >= 0.3 is 0 Å². The van der Waals surface area contributed by atoms with Crippen LogP contribution in [0.4, 0.5) is 4.39 Å². The molecule has 0 amide bonds. The molecule has 0 fully saturated rings. The lowest BCUT2D eigenvalue weighted by Gasteiger charge is -2.14. The van der Waals surface area contributed by atoms with E-state index in [0.29, 0.717) is 12.5 Å². The molecule has 5 heteroatoms. The van der Waals surface area contributed by atoms with E-state index < -0.39 is 5.95 Å². The number of pyridine rings is 2. The zero-order valence-electron chi connectivity index (χ0n) is 14.0. The third-order valence-electron chi connectivity index (χ3n) is 3.88. The van der Waals surface area contributed by atoms with Gasteiger partial charge in [-0.3, -0.25) is 0 Å². The molecule has 0 radical (unpaired) electrons. The largest absolute Gasteiger partial charge is 0.473 e. The van der Waals surface area contributed by atoms with E-state index in [4.69, 9.17) is 4.74 Å². The van der Waals surface area contributed by atoms with Crippen molar-refractivity contribution in [1.29, 1.82) is 0 Å². The third kappa shape index (κ3) is 5.09. The van der Waals surface area contributed by atoms with Crippen LogP contribution in [0.15, 0.2) is 67.0 Å². The predicted octanol–water partition coefficient (Wildman–Crippen LogP) is 4.05. The molecule has 0 saturated heterocycles. The highest BCUT2D eigenvalue weighted by molar-refractivity contribution is 5.21. The summed E-state index contributed by atoms with van der Waals surface area (Å²) in [5.41, 5.74) is 3.13. The standard InChI is InChI=1S/C20H20FN3O/c1-15(18-5-3-2-4-6-18)22-11-16-8-10-20(24-12-16)25-14-17-7-9-19(21)23-13-17/h2-10,12-13,15,22H,11,14H2,1H3/t15-/m1/s1. The van der Waals surface area contributed by atoms with Gasteiger partial charge in [0.15, 0.2) is 0 Å². The maximum absolute atomic E-state index is 12.8. The van der Waals surface area contributed by atoms with Crippen LogP contribution in [0.1, 0.15) is 29.7 Å². The van der Waals surface area contributed by atoms with Crippen LogP contribution in [-0.4, -0.2) is 9.97 Å². The normalized spacial score (nSPS) is 11.9. The molecule has 4 nitrogen and oxygen atoms in total. The second-order valence-corrected chi connectivity index (χ2v) is 5.80. The van der Waals surface area contributed by atoms with Crippen molar-refractivity contribution < 1.29 is 9.13 Å². The minimum absolute atomic E-state index is 0.267. The van der Waals surface area contributed by atoms with Crippen LogP contribution < -0.4 is 10.1 Å². The second-order valence-electron chi connectivity index (χ2n) is 5.80. The fourth-order valence-corrected chi connectivity index (χ4v) is 2.38. The Bertz CT molecular complexity index is 776. The van der Waals surface area contributed by atoms with E-state index in [0.717, 1.165) is 17.7 Å². The average molecular weight is 337 g/mol. The van der Waals surface area contributed by atoms with Crippen molar-refractivity contribution in [2.24, 2.45) is 0 Å². The van der Waals surface area contributed by atoms with Crippen molar-refractivity contribution in [3.63, 3.8) is 0 Å². The summed E-state index contributed by atoms with van der Waals surface area (Å²) >= 11 is 0. The topological polar surface area (TPSA) is 47.0 Å². The van der Waals surface area contributed by atoms with Crippen LogP contribution in [0, 0.1) is 5.95 Å². The first-order valence-corrected chi connectivity index (χ1v) is 8.17. The Morgan fingerprint density at radius 1 is 0.960 bits per heavy atom. The zero-order valence-corrected chi connectivity index (χ0v) is 14.0. The van der Waals surface area contributed by atoms with Crippen molar-refractivity contribution in [3.8, 4) is 5.88 Å². The number of aromatic nitrogens is 2. The van der Waals surface area contributed by atoms with Gasteiger partial charge in [-0.05, 0) is 30.2 Å². The van der Waals surface area contributed by atoms with Gasteiger partial charge in [0.25, 0.3) is 0 Å². The molecule has 3 aromatic rings. The van der Waals surface area contributed by atoms with Crippen LogP contribution in [0.5, 0.6) is 5.88 Å². The van der Waals surface area contributed by atoms with E-state index in [1.807, 2.05) is 30.3 Å². The lowest BCUT2D eigenvalue weighted by Crippen LogP contribution is -2.18. The number of hydrogen-bond donors (Lipinski definition) is 1. The smallest absolute Gasteiger partial charge is 0.213 e. The van der Waals surface area contributed by atoms with E-state index in [1.165, 1.54) is 17.8 Å². The highest BCUT2D eigenvalue weighted by atomic mass is 19.1. The van der Waals surface area contributed by atoms with E-state index in [9.17, 15) is 4.39 Å². The van der Waals surface area contributed by atoms with Gasteiger partial charge < -0.3 is 10.1 Å². The quantitative estimate of drug-likeness (QED) is 0.661. The van der Waals surface area contributed by atoms with Crippen LogP contribution >= 0.6 is 0 Å². The molecule has 1 aromatic carbocycles. The van der Waals surface area contributed by atoms with Gasteiger partial charge in [-0.1, -0.05) is 36.4 Å². The molecule has 3 rings (SSSR count). The number of benzene rings is 1. The first kappa shape index (κ1) is 17.0. The highest BCUT2D eigenvalue weighted by Gasteiger charge is 2.05. The first-order chi connectivity index (χ1) is 12.2. The minimum atomic E-state index is -0.497. The lowest BCUT2D eigenvalue weighted by molar-refractivity contribution is 0.293. The first-order valence-electron chi connectivity index (χ1n) is 8.17. The molecular formula is C20H20FN3O. The number of nitrogens with one attached hydrogen (secondary N) is 1. The van der Waals surface area contributed by atoms with Crippen LogP contribution in [0.25, 0.3) is 0 Å². The van der Waals surface area contributed by atoms with Crippen molar-refractivity contribution >= 4 is 0 Å². The summed E-state index contributed by atoms with van der Waals surface area (Å²) in [5.74, 6) is 0.0349. The van der Waals surface area contributed by atoms with Crippen LogP contribution in [-0.2, 0) is 13.2 Å². The fraction of sp³-hybridized carbons (Fsp3) is 0.200. The van der Waals surface area contributed by atoms with Crippen molar-refractivity contribution in [3.05, 3.63) is 89.6 Å². The van der Waals surface area contributed by atoms with Crippen molar-refractivity contribution in [1.82, 2.24) is 15.3 Å². The average Bonchev–Trinajstić information content (AvgIpc) is 2.67. The predicted molar refractivity (Wildman–Crippen MR) is 94.5 cm³/mol. The second kappa shape index (κ2) is 8.35. The van der Waals surface area contributed by atoms with Gasteiger partial charge in [-0.25, -0.2) is 9.97 Å². The number of rotatable bonds is 7. The van der Waals surface area contributed by atoms with Gasteiger partial charge in [0.05, 0.1) is 0 Å². The van der Waals surface area contributed by atoms with Gasteiger partial charge in [0.2, 0.25) is 11.8 Å². The molecule has 0 aliphatic carbocycles. The molecule has 128 valence electrons. The summed E-state index contributed by atoms with van der Waals surface area (Å²) in [6.07, 6.45) is 3.25. The van der Waals surface area contributed by atoms with Gasteiger partial charge in [0, 0.05) is 36.6 Å². The summed E-state index contributed by atoms with van der Waals surface area (Å²) in [6, 6.07) is 17.4. The molecule has 1 atom stereocenters. The van der Waals surface area contributed by atoms with E-state index >= 15 is 0 Å². The molecule has 0 aliphatic heterocycles. The Kier molecular flexibility index (Phi) is 5.69. The van der Waals surface area contributed by atoms with Crippen LogP contribution in [0.3, 0.4) is 0 Å². The number of ether oxygens (including phenoxy) is 1. The van der Waals surface area contributed by atoms with E-state index in [-0.39, 0.29) is 6.04 Å². The Morgan fingerprint density at radius 3 is 2.40 bits per heavy atom. The molecule has 0 spiro atoms. The van der Waals surface area contributed by atoms with Gasteiger partial charge in [-0.15, -0.1) is 0 Å². The fourth-order valence-electron chi connectivity index (χ4n) is 2.38. The Morgan fingerprint density at radius 2 is 1.72 bits per heavy atom. The lowest BCUT2D eigenvalue weighted by atomic mass is 10.1. The summed E-state index contributed by atoms with van der Waals surface area (Å²) in [6.45, 7) is 3.17. The molecule has 0 saturated carbocycles. The Hall–Kier alpha value is -2.79. The summed E-state index contributed by atoms with van der Waals surface area (Å²) < 4.78 is 18.3. The van der Waals surface area contributed by atoms with Crippen molar-refractivity contribution in [2.75, 3.05) is 0 Å². The number of halogens is 1. The molecule has 2 aromatic heterocycles. The summed E-state index contributed by atoms with van der Waals surface area (Å²) in [4.78, 5) is 7.90. The summed E-state index contributed by atoms with van der Waals surface area (Å²) in [5, 5.41) is 3.47. The minimum Gasteiger partial charge on any atom is -0.473 e. The molecule has 25 heavy (non-hydrogen) atoms. The van der Waals surface area contributed by atoms with Crippen LogP contribution in [0.2, 0.25) is 0 Å². The number of nitrogens with zero attached hydrogens (tertiary/aromatic N) is 2. The Labute approximate surface area is 146 Å².